The van der Waals surface area contributed by atoms with Gasteiger partial charge in [-0.1, -0.05) is 18.2 Å². The first-order valence-corrected chi connectivity index (χ1v) is 6.11. The lowest BCUT2D eigenvalue weighted by molar-refractivity contribution is 0.263. The van der Waals surface area contributed by atoms with Crippen molar-refractivity contribution in [1.82, 2.24) is 5.32 Å². The van der Waals surface area contributed by atoms with E-state index >= 15 is 0 Å². The Morgan fingerprint density at radius 3 is 2.62 bits per heavy atom. The van der Waals surface area contributed by atoms with Gasteiger partial charge in [0.15, 0.2) is 0 Å². The van der Waals surface area contributed by atoms with Crippen molar-refractivity contribution >= 4 is 0 Å². The summed E-state index contributed by atoms with van der Waals surface area (Å²) in [6, 6.07) is 6.24. The molecule has 1 saturated heterocycles. The number of hydrogen-bond donors (Lipinski definition) is 1. The number of alkyl halides is 1. The lowest BCUT2D eigenvalue weighted by Crippen LogP contribution is -2.33. The Labute approximate surface area is 97.1 Å². The van der Waals surface area contributed by atoms with Crippen LogP contribution in [0.3, 0.4) is 0 Å². The van der Waals surface area contributed by atoms with Gasteiger partial charge >= 0.3 is 0 Å². The van der Waals surface area contributed by atoms with Crippen LogP contribution in [0.25, 0.3) is 0 Å². The molecule has 2 atom stereocenters. The maximum absolute atomic E-state index is 14.1. The van der Waals surface area contributed by atoms with Crippen molar-refractivity contribution in [3.8, 4) is 0 Å². The zero-order chi connectivity index (χ0) is 11.5. The Bertz CT molecular complexity index is 336. The van der Waals surface area contributed by atoms with Crippen molar-refractivity contribution in [3.63, 3.8) is 0 Å². The summed E-state index contributed by atoms with van der Waals surface area (Å²) in [6.07, 6.45) is 1.89. The summed E-state index contributed by atoms with van der Waals surface area (Å²) >= 11 is 0. The predicted octanol–water partition coefficient (Wildman–Crippen LogP) is 2.94. The van der Waals surface area contributed by atoms with Gasteiger partial charge < -0.3 is 5.32 Å². The molecular formula is C14H20FN. The molecule has 88 valence electrons. The Balaban J connectivity index is 2.07. The van der Waals surface area contributed by atoms with Crippen LogP contribution in [-0.2, 0) is 6.42 Å². The molecule has 0 radical (unpaired) electrons. The molecule has 2 rings (SSSR count). The van der Waals surface area contributed by atoms with Crippen molar-refractivity contribution in [3.05, 3.63) is 34.9 Å². The van der Waals surface area contributed by atoms with E-state index in [2.05, 4.69) is 31.3 Å². The van der Waals surface area contributed by atoms with Crippen LogP contribution in [0.1, 0.15) is 29.5 Å². The topological polar surface area (TPSA) is 12.0 Å². The number of hydrogen-bond acceptors (Lipinski definition) is 1. The minimum absolute atomic E-state index is 0.0685. The minimum atomic E-state index is -0.748. The smallest absolute Gasteiger partial charge is 0.119 e. The van der Waals surface area contributed by atoms with Gasteiger partial charge in [0.1, 0.15) is 6.17 Å². The fourth-order valence-electron chi connectivity index (χ4n) is 2.53. The molecule has 1 aromatic carbocycles. The van der Waals surface area contributed by atoms with Crippen molar-refractivity contribution in [2.45, 2.75) is 45.3 Å². The van der Waals surface area contributed by atoms with E-state index in [1.807, 2.05) is 6.07 Å². The first-order valence-electron chi connectivity index (χ1n) is 6.11. The molecule has 2 unspecified atom stereocenters. The van der Waals surface area contributed by atoms with Gasteiger partial charge in [-0.2, -0.15) is 0 Å². The van der Waals surface area contributed by atoms with E-state index in [0.717, 1.165) is 19.4 Å². The standard InChI is InChI=1S/C14H20FN/c1-10-5-3-6-11(2)12(10)9-13(15)14-7-4-8-16-14/h3,5-6,13-14,16H,4,7-9H2,1-2H3. The molecule has 0 spiro atoms. The highest BCUT2D eigenvalue weighted by molar-refractivity contribution is 5.34. The molecule has 0 saturated carbocycles. The molecule has 1 aromatic rings. The molecule has 1 N–H and O–H groups in total. The van der Waals surface area contributed by atoms with E-state index in [1.54, 1.807) is 0 Å². The molecule has 0 amide bonds. The summed E-state index contributed by atoms with van der Waals surface area (Å²) in [7, 11) is 0. The Morgan fingerprint density at radius 2 is 2.06 bits per heavy atom. The Hall–Kier alpha value is -0.890. The van der Waals surface area contributed by atoms with E-state index in [4.69, 9.17) is 0 Å². The average molecular weight is 221 g/mol. The van der Waals surface area contributed by atoms with E-state index in [0.29, 0.717) is 6.42 Å². The Kier molecular flexibility index (Phi) is 3.59. The summed E-state index contributed by atoms with van der Waals surface area (Å²) in [6.45, 7) is 5.10. The van der Waals surface area contributed by atoms with E-state index in [1.165, 1.54) is 16.7 Å². The van der Waals surface area contributed by atoms with Crippen LogP contribution in [-0.4, -0.2) is 18.8 Å². The summed E-state index contributed by atoms with van der Waals surface area (Å²) in [5.74, 6) is 0. The van der Waals surface area contributed by atoms with Crippen LogP contribution in [0.5, 0.6) is 0 Å². The minimum Gasteiger partial charge on any atom is -0.311 e. The predicted molar refractivity (Wildman–Crippen MR) is 65.5 cm³/mol. The summed E-state index contributed by atoms with van der Waals surface area (Å²) in [5, 5.41) is 3.24. The van der Waals surface area contributed by atoms with Gasteiger partial charge in [0.25, 0.3) is 0 Å². The van der Waals surface area contributed by atoms with Crippen LogP contribution in [0.15, 0.2) is 18.2 Å². The molecule has 0 aromatic heterocycles. The summed E-state index contributed by atoms with van der Waals surface area (Å²) in [4.78, 5) is 0. The van der Waals surface area contributed by atoms with E-state index in [9.17, 15) is 4.39 Å². The van der Waals surface area contributed by atoms with Crippen LogP contribution in [0.4, 0.5) is 4.39 Å². The molecule has 0 aliphatic carbocycles. The number of halogens is 1. The van der Waals surface area contributed by atoms with Crippen LogP contribution in [0.2, 0.25) is 0 Å². The maximum Gasteiger partial charge on any atom is 0.119 e. The second-order valence-corrected chi connectivity index (χ2v) is 4.79. The van der Waals surface area contributed by atoms with Crippen molar-refractivity contribution < 1.29 is 4.39 Å². The highest BCUT2D eigenvalue weighted by Crippen LogP contribution is 2.21. The van der Waals surface area contributed by atoms with Crippen molar-refractivity contribution in [2.24, 2.45) is 0 Å². The zero-order valence-corrected chi connectivity index (χ0v) is 10.1. The monoisotopic (exact) mass is 221 g/mol. The SMILES string of the molecule is Cc1cccc(C)c1CC(F)C1CCCN1. The van der Waals surface area contributed by atoms with Crippen LogP contribution in [0, 0.1) is 13.8 Å². The van der Waals surface area contributed by atoms with Gasteiger partial charge in [0.2, 0.25) is 0 Å². The molecule has 16 heavy (non-hydrogen) atoms. The highest BCUT2D eigenvalue weighted by atomic mass is 19.1. The third-order valence-electron chi connectivity index (χ3n) is 3.58. The van der Waals surface area contributed by atoms with E-state index < -0.39 is 6.17 Å². The third-order valence-corrected chi connectivity index (χ3v) is 3.58. The molecule has 1 nitrogen and oxygen atoms in total. The molecule has 0 bridgehead atoms. The fraction of sp³-hybridized carbons (Fsp3) is 0.571. The molecule has 2 heteroatoms. The largest absolute Gasteiger partial charge is 0.311 e. The summed E-state index contributed by atoms with van der Waals surface area (Å²) in [5.41, 5.74) is 3.60. The Morgan fingerprint density at radius 1 is 1.38 bits per heavy atom. The molecule has 1 aliphatic rings. The second-order valence-electron chi connectivity index (χ2n) is 4.79. The van der Waals surface area contributed by atoms with Crippen LogP contribution < -0.4 is 5.32 Å². The quantitative estimate of drug-likeness (QED) is 0.827. The average Bonchev–Trinajstić information content (AvgIpc) is 2.76. The summed E-state index contributed by atoms with van der Waals surface area (Å²) < 4.78 is 14.1. The maximum atomic E-state index is 14.1. The normalized spacial score (nSPS) is 22.3. The first-order chi connectivity index (χ1) is 7.68. The highest BCUT2D eigenvalue weighted by Gasteiger charge is 2.25. The van der Waals surface area contributed by atoms with Crippen molar-refractivity contribution in [1.29, 1.82) is 0 Å². The lowest BCUT2D eigenvalue weighted by atomic mass is 9.95. The lowest BCUT2D eigenvalue weighted by Gasteiger charge is -2.18. The zero-order valence-electron chi connectivity index (χ0n) is 10.1. The van der Waals surface area contributed by atoms with Gasteiger partial charge in [-0.25, -0.2) is 4.39 Å². The number of benzene rings is 1. The number of rotatable bonds is 3. The number of aryl methyl sites for hydroxylation is 2. The number of nitrogens with one attached hydrogen (secondary N) is 1. The van der Waals surface area contributed by atoms with Gasteiger partial charge in [-0.3, -0.25) is 0 Å². The first kappa shape index (κ1) is 11.6. The molecular weight excluding hydrogens is 201 g/mol. The van der Waals surface area contributed by atoms with Gasteiger partial charge in [0.05, 0.1) is 0 Å². The van der Waals surface area contributed by atoms with Gasteiger partial charge in [-0.05, 0) is 49.9 Å². The van der Waals surface area contributed by atoms with Gasteiger partial charge in [-0.15, -0.1) is 0 Å². The van der Waals surface area contributed by atoms with E-state index in [-0.39, 0.29) is 6.04 Å². The molecule has 1 heterocycles. The third kappa shape index (κ3) is 2.43. The van der Waals surface area contributed by atoms with Crippen molar-refractivity contribution in [2.75, 3.05) is 6.54 Å². The van der Waals surface area contributed by atoms with Gasteiger partial charge in [0, 0.05) is 12.5 Å². The molecule has 1 aliphatic heterocycles. The fourth-order valence-corrected chi connectivity index (χ4v) is 2.53. The second kappa shape index (κ2) is 4.96. The van der Waals surface area contributed by atoms with Crippen LogP contribution >= 0.6 is 0 Å². The molecule has 1 fully saturated rings.